The van der Waals surface area contributed by atoms with Gasteiger partial charge < -0.3 is 19.5 Å². The second-order valence-corrected chi connectivity index (χ2v) is 4.69. The number of thiocarbonyl (C=S) groups is 1. The highest BCUT2D eigenvalue weighted by Crippen LogP contribution is 2.38. The third kappa shape index (κ3) is 1.96. The van der Waals surface area contributed by atoms with Gasteiger partial charge in [0.25, 0.3) is 5.91 Å². The quantitative estimate of drug-likeness (QED) is 0.651. The number of carbonyl (C=O) groups excluding carboxylic acids is 1. The molecule has 7 heteroatoms. The molecule has 2 aliphatic rings. The van der Waals surface area contributed by atoms with Crippen molar-refractivity contribution < 1.29 is 19.0 Å². The number of amides is 1. The number of fused-ring (bicyclic) bond motifs is 1. The predicted molar refractivity (Wildman–Crippen MR) is 75.6 cm³/mol. The van der Waals surface area contributed by atoms with Crippen molar-refractivity contribution >= 4 is 29.3 Å². The second kappa shape index (κ2) is 4.68. The summed E-state index contributed by atoms with van der Waals surface area (Å²) in [5.41, 5.74) is 1.11. The molecular formula is C13H12N2O4S. The summed E-state index contributed by atoms with van der Waals surface area (Å²) in [5, 5.41) is 3.24. The van der Waals surface area contributed by atoms with Gasteiger partial charge in [-0.25, -0.2) is 0 Å². The minimum atomic E-state index is -0.185. The fraction of sp³-hybridized carbons (Fsp3) is 0.231. The van der Waals surface area contributed by atoms with Gasteiger partial charge in [0, 0.05) is 18.7 Å². The van der Waals surface area contributed by atoms with Crippen molar-refractivity contribution in [1.29, 1.82) is 0 Å². The Bertz CT molecular complexity index is 642. The van der Waals surface area contributed by atoms with Gasteiger partial charge in [0.2, 0.25) is 6.79 Å². The van der Waals surface area contributed by atoms with E-state index in [9.17, 15) is 4.79 Å². The molecule has 2 aliphatic heterocycles. The van der Waals surface area contributed by atoms with Crippen LogP contribution in [0, 0.1) is 0 Å². The zero-order chi connectivity index (χ0) is 14.3. The Kier molecular flexibility index (Phi) is 2.98. The van der Waals surface area contributed by atoms with Crippen molar-refractivity contribution in [2.45, 2.75) is 0 Å². The van der Waals surface area contributed by atoms with Crippen molar-refractivity contribution in [1.82, 2.24) is 10.2 Å². The molecule has 1 N–H and O–H groups in total. The lowest BCUT2D eigenvalue weighted by Crippen LogP contribution is -2.25. The molecule has 0 radical (unpaired) electrons. The van der Waals surface area contributed by atoms with E-state index in [-0.39, 0.29) is 12.7 Å². The van der Waals surface area contributed by atoms with E-state index < -0.39 is 0 Å². The van der Waals surface area contributed by atoms with Crippen LogP contribution in [0.3, 0.4) is 0 Å². The highest BCUT2D eigenvalue weighted by molar-refractivity contribution is 7.80. The molecule has 104 valence electrons. The van der Waals surface area contributed by atoms with Crippen LogP contribution < -0.4 is 19.5 Å². The number of likely N-dealkylation sites (N-methyl/N-ethyl adjacent to an activating group) is 1. The molecule has 1 aromatic rings. The van der Waals surface area contributed by atoms with E-state index in [1.165, 1.54) is 4.90 Å². The van der Waals surface area contributed by atoms with E-state index in [0.717, 1.165) is 0 Å². The number of hydrogen-bond donors (Lipinski definition) is 1. The summed E-state index contributed by atoms with van der Waals surface area (Å²) in [7, 11) is 3.18. The van der Waals surface area contributed by atoms with Crippen molar-refractivity contribution in [3.63, 3.8) is 0 Å². The lowest BCUT2D eigenvalue weighted by atomic mass is 10.1. The molecule has 1 amide bonds. The van der Waals surface area contributed by atoms with Gasteiger partial charge in [-0.2, -0.15) is 0 Å². The average molecular weight is 292 g/mol. The largest absolute Gasteiger partial charge is 0.496 e. The summed E-state index contributed by atoms with van der Waals surface area (Å²) in [6, 6.07) is 3.50. The highest BCUT2D eigenvalue weighted by Gasteiger charge is 2.27. The molecular weight excluding hydrogens is 280 g/mol. The zero-order valence-corrected chi connectivity index (χ0v) is 11.7. The number of benzene rings is 1. The Morgan fingerprint density at radius 2 is 2.10 bits per heavy atom. The summed E-state index contributed by atoms with van der Waals surface area (Å²) in [6.45, 7) is 0.183. The third-order valence-electron chi connectivity index (χ3n) is 3.11. The van der Waals surface area contributed by atoms with Crippen molar-refractivity contribution in [3.8, 4) is 17.2 Å². The maximum absolute atomic E-state index is 12.0. The van der Waals surface area contributed by atoms with E-state index in [1.807, 2.05) is 0 Å². The van der Waals surface area contributed by atoms with Crippen LogP contribution in [0.15, 0.2) is 17.8 Å². The highest BCUT2D eigenvalue weighted by atomic mass is 32.1. The van der Waals surface area contributed by atoms with Gasteiger partial charge in [0.15, 0.2) is 16.6 Å². The molecule has 1 saturated heterocycles. The standard InChI is InChI=1S/C13H12N2O4S/c1-15-12(16)8(14-13(15)20)3-7-4-10-11(19-6-18-10)5-9(7)17-2/h3-5H,6H2,1-2H3,(H,14,20)/b8-3-. The third-order valence-corrected chi connectivity index (χ3v) is 3.48. The first kappa shape index (κ1) is 12.7. The lowest BCUT2D eigenvalue weighted by Gasteiger charge is -2.07. The molecule has 0 bridgehead atoms. The van der Waals surface area contributed by atoms with Crippen LogP contribution in [0.1, 0.15) is 5.56 Å². The van der Waals surface area contributed by atoms with Crippen LogP contribution in [-0.4, -0.2) is 36.9 Å². The lowest BCUT2D eigenvalue weighted by molar-refractivity contribution is -0.121. The van der Waals surface area contributed by atoms with Gasteiger partial charge >= 0.3 is 0 Å². The SMILES string of the molecule is COc1cc2c(cc1/C=C1\NC(=S)N(C)C1=O)OCO2. The summed E-state index contributed by atoms with van der Waals surface area (Å²) in [6.07, 6.45) is 1.68. The number of carbonyl (C=O) groups is 1. The molecule has 3 rings (SSSR count). The van der Waals surface area contributed by atoms with Crippen LogP contribution in [-0.2, 0) is 4.79 Å². The molecule has 0 spiro atoms. The van der Waals surface area contributed by atoms with Gasteiger partial charge in [-0.1, -0.05) is 0 Å². The maximum Gasteiger partial charge on any atom is 0.276 e. The minimum absolute atomic E-state index is 0.183. The fourth-order valence-electron chi connectivity index (χ4n) is 2.01. The first-order valence-corrected chi connectivity index (χ1v) is 6.29. The molecule has 20 heavy (non-hydrogen) atoms. The summed E-state index contributed by atoms with van der Waals surface area (Å²) in [4.78, 5) is 13.3. The average Bonchev–Trinajstić information content (AvgIpc) is 2.98. The van der Waals surface area contributed by atoms with Crippen LogP contribution in [0.25, 0.3) is 6.08 Å². The summed E-state index contributed by atoms with van der Waals surface area (Å²) in [5.74, 6) is 1.66. The molecule has 1 aromatic carbocycles. The number of methoxy groups -OCH3 is 1. The Labute approximate surface area is 120 Å². The smallest absolute Gasteiger partial charge is 0.276 e. The van der Waals surface area contributed by atoms with E-state index in [0.29, 0.717) is 33.6 Å². The first-order valence-electron chi connectivity index (χ1n) is 5.88. The Morgan fingerprint density at radius 1 is 1.40 bits per heavy atom. The van der Waals surface area contributed by atoms with E-state index in [1.54, 1.807) is 32.4 Å². The normalized spacial score (nSPS) is 18.7. The van der Waals surface area contributed by atoms with E-state index in [2.05, 4.69) is 5.32 Å². The Balaban J connectivity index is 2.03. The zero-order valence-electron chi connectivity index (χ0n) is 10.9. The molecule has 2 heterocycles. The fourth-order valence-corrected chi connectivity index (χ4v) is 2.20. The summed E-state index contributed by atoms with van der Waals surface area (Å²) < 4.78 is 15.9. The van der Waals surface area contributed by atoms with E-state index in [4.69, 9.17) is 26.4 Å². The van der Waals surface area contributed by atoms with Crippen molar-refractivity contribution in [2.75, 3.05) is 21.0 Å². The van der Waals surface area contributed by atoms with Crippen LogP contribution in [0.2, 0.25) is 0 Å². The van der Waals surface area contributed by atoms with Gasteiger partial charge in [-0.3, -0.25) is 9.69 Å². The van der Waals surface area contributed by atoms with Gasteiger partial charge in [-0.15, -0.1) is 0 Å². The van der Waals surface area contributed by atoms with Crippen molar-refractivity contribution in [2.24, 2.45) is 0 Å². The van der Waals surface area contributed by atoms with Crippen LogP contribution in [0.4, 0.5) is 0 Å². The minimum Gasteiger partial charge on any atom is -0.496 e. The van der Waals surface area contributed by atoms with Crippen LogP contribution in [0.5, 0.6) is 17.2 Å². The number of nitrogens with zero attached hydrogens (tertiary/aromatic N) is 1. The maximum atomic E-state index is 12.0. The van der Waals surface area contributed by atoms with Gasteiger partial charge in [0.1, 0.15) is 11.4 Å². The monoisotopic (exact) mass is 292 g/mol. The second-order valence-electron chi connectivity index (χ2n) is 4.30. The number of nitrogens with one attached hydrogen (secondary N) is 1. The Hall–Kier alpha value is -2.28. The van der Waals surface area contributed by atoms with Gasteiger partial charge in [-0.05, 0) is 24.4 Å². The molecule has 0 saturated carbocycles. The molecule has 0 aliphatic carbocycles. The number of hydrogen-bond acceptors (Lipinski definition) is 5. The molecule has 0 unspecified atom stereocenters. The first-order chi connectivity index (χ1) is 9.60. The summed E-state index contributed by atoms with van der Waals surface area (Å²) >= 11 is 5.03. The topological polar surface area (TPSA) is 60.0 Å². The number of ether oxygens (including phenoxy) is 3. The van der Waals surface area contributed by atoms with E-state index >= 15 is 0 Å². The molecule has 6 nitrogen and oxygen atoms in total. The predicted octanol–water partition coefficient (Wildman–Crippen LogP) is 1.11. The van der Waals surface area contributed by atoms with Crippen molar-refractivity contribution in [3.05, 3.63) is 23.4 Å². The van der Waals surface area contributed by atoms with Crippen LogP contribution >= 0.6 is 12.2 Å². The number of rotatable bonds is 2. The molecule has 1 fully saturated rings. The molecule has 0 aromatic heterocycles. The van der Waals surface area contributed by atoms with Gasteiger partial charge in [0.05, 0.1) is 7.11 Å². The Morgan fingerprint density at radius 3 is 2.70 bits per heavy atom. The molecule has 0 atom stereocenters.